The van der Waals surface area contributed by atoms with Crippen LogP contribution in [0.2, 0.25) is 0 Å². The minimum absolute atomic E-state index is 0.113. The van der Waals surface area contributed by atoms with Crippen LogP contribution in [0.3, 0.4) is 0 Å². The second kappa shape index (κ2) is 7.10. The molecule has 3 N–H and O–H groups in total. The number of urea groups is 1. The van der Waals surface area contributed by atoms with Crippen LogP contribution in [0.4, 0.5) is 4.79 Å². The highest BCUT2D eigenvalue weighted by Crippen LogP contribution is 2.32. The number of nitrogens with zero attached hydrogens (tertiary/aromatic N) is 1. The summed E-state index contributed by atoms with van der Waals surface area (Å²) < 4.78 is 6.09. The Hall–Kier alpha value is -2.76. The molecule has 0 aliphatic heterocycles. The van der Waals surface area contributed by atoms with E-state index in [0.717, 1.165) is 47.2 Å². The maximum Gasteiger partial charge on any atom is 0.315 e. The summed E-state index contributed by atoms with van der Waals surface area (Å²) in [6.45, 7) is 6.24. The van der Waals surface area contributed by atoms with E-state index in [9.17, 15) is 4.79 Å². The average molecular weight is 366 g/mol. The lowest BCUT2D eigenvalue weighted by atomic mass is 9.94. The van der Waals surface area contributed by atoms with Crippen molar-refractivity contribution in [3.05, 3.63) is 53.0 Å². The third kappa shape index (κ3) is 3.44. The molecular formula is C21H26N4O2. The van der Waals surface area contributed by atoms with Gasteiger partial charge in [-0.3, -0.25) is 5.10 Å². The van der Waals surface area contributed by atoms with Gasteiger partial charge in [-0.1, -0.05) is 32.0 Å². The minimum Gasteiger partial charge on any atom is -0.459 e. The van der Waals surface area contributed by atoms with Crippen LogP contribution >= 0.6 is 0 Å². The topological polar surface area (TPSA) is 83.0 Å². The number of H-pyrrole nitrogens is 1. The number of rotatable bonds is 4. The molecule has 27 heavy (non-hydrogen) atoms. The van der Waals surface area contributed by atoms with Crippen molar-refractivity contribution in [2.45, 2.75) is 52.1 Å². The highest BCUT2D eigenvalue weighted by atomic mass is 16.3. The first-order valence-electron chi connectivity index (χ1n) is 9.59. The Morgan fingerprint density at radius 2 is 2.15 bits per heavy atom. The number of hydrogen-bond donors (Lipinski definition) is 3. The Morgan fingerprint density at radius 3 is 2.93 bits per heavy atom. The van der Waals surface area contributed by atoms with E-state index in [0.29, 0.717) is 0 Å². The average Bonchev–Trinajstić information content (AvgIpc) is 3.24. The van der Waals surface area contributed by atoms with Gasteiger partial charge in [0.1, 0.15) is 11.3 Å². The summed E-state index contributed by atoms with van der Waals surface area (Å²) in [5.41, 5.74) is 4.33. The number of fused-ring (bicyclic) bond motifs is 2. The van der Waals surface area contributed by atoms with Crippen LogP contribution in [0, 0.1) is 12.8 Å². The molecule has 0 spiro atoms. The SMILES string of the molecule is Cc1c(C(NC(=O)NC2CCc3cn[nH]c3C2)C(C)C)oc2ccccc12. The monoisotopic (exact) mass is 366 g/mol. The molecule has 6 heteroatoms. The highest BCUT2D eigenvalue weighted by Gasteiger charge is 2.27. The van der Waals surface area contributed by atoms with Crippen LogP contribution < -0.4 is 10.6 Å². The second-order valence-electron chi connectivity index (χ2n) is 7.74. The van der Waals surface area contributed by atoms with E-state index in [1.165, 1.54) is 5.56 Å². The van der Waals surface area contributed by atoms with Crippen molar-refractivity contribution in [3.8, 4) is 0 Å². The lowest BCUT2D eigenvalue weighted by Crippen LogP contribution is -2.46. The van der Waals surface area contributed by atoms with E-state index >= 15 is 0 Å². The smallest absolute Gasteiger partial charge is 0.315 e. The third-order valence-corrected chi connectivity index (χ3v) is 5.47. The Balaban J connectivity index is 1.48. The van der Waals surface area contributed by atoms with E-state index in [1.54, 1.807) is 0 Å². The molecule has 1 aliphatic carbocycles. The quantitative estimate of drug-likeness (QED) is 0.652. The first-order chi connectivity index (χ1) is 13.0. The fourth-order valence-electron chi connectivity index (χ4n) is 3.92. The molecule has 0 saturated heterocycles. The van der Waals surface area contributed by atoms with Crippen molar-refractivity contribution in [2.75, 3.05) is 0 Å². The molecule has 2 heterocycles. The van der Waals surface area contributed by atoms with Gasteiger partial charge in [0.25, 0.3) is 0 Å². The Morgan fingerprint density at radius 1 is 1.33 bits per heavy atom. The number of aromatic amines is 1. The van der Waals surface area contributed by atoms with E-state index in [2.05, 4.69) is 47.7 Å². The summed E-state index contributed by atoms with van der Waals surface area (Å²) in [5, 5.41) is 14.5. The Bertz CT molecular complexity index is 956. The van der Waals surface area contributed by atoms with Crippen LogP contribution in [-0.4, -0.2) is 22.3 Å². The van der Waals surface area contributed by atoms with E-state index < -0.39 is 0 Å². The standard InChI is InChI=1S/C21H26N4O2/c1-12(2)19(20-13(3)16-6-4-5-7-18(16)27-20)24-21(26)23-15-9-8-14-11-22-25-17(14)10-15/h4-7,11-12,15,19H,8-10H2,1-3H3,(H,22,25)(H2,23,24,26). The van der Waals surface area contributed by atoms with Gasteiger partial charge < -0.3 is 15.1 Å². The minimum atomic E-state index is -0.177. The lowest BCUT2D eigenvalue weighted by Gasteiger charge is -2.26. The van der Waals surface area contributed by atoms with Crippen LogP contribution in [0.5, 0.6) is 0 Å². The summed E-state index contributed by atoms with van der Waals surface area (Å²) >= 11 is 0. The number of furan rings is 1. The van der Waals surface area contributed by atoms with Crippen LogP contribution in [0.25, 0.3) is 11.0 Å². The Kier molecular flexibility index (Phi) is 4.64. The van der Waals surface area contributed by atoms with E-state index in [-0.39, 0.29) is 24.0 Å². The van der Waals surface area contributed by atoms with Gasteiger partial charge in [0.2, 0.25) is 0 Å². The van der Waals surface area contributed by atoms with Crippen LogP contribution in [0.15, 0.2) is 34.9 Å². The van der Waals surface area contributed by atoms with Crippen molar-refractivity contribution >= 4 is 17.0 Å². The number of aromatic nitrogens is 2. The van der Waals surface area contributed by atoms with Gasteiger partial charge >= 0.3 is 6.03 Å². The maximum absolute atomic E-state index is 12.7. The molecule has 0 saturated carbocycles. The van der Waals surface area contributed by atoms with Crippen LogP contribution in [-0.2, 0) is 12.8 Å². The number of para-hydroxylation sites is 1. The van der Waals surface area contributed by atoms with E-state index in [1.807, 2.05) is 24.4 Å². The summed E-state index contributed by atoms with van der Waals surface area (Å²) in [5.74, 6) is 1.04. The molecule has 6 nitrogen and oxygen atoms in total. The highest BCUT2D eigenvalue weighted by molar-refractivity contribution is 5.82. The fraction of sp³-hybridized carbons (Fsp3) is 0.429. The second-order valence-corrected chi connectivity index (χ2v) is 7.74. The number of nitrogens with one attached hydrogen (secondary N) is 3. The van der Waals surface area contributed by atoms with Crippen molar-refractivity contribution in [3.63, 3.8) is 0 Å². The summed E-state index contributed by atoms with van der Waals surface area (Å²) in [7, 11) is 0. The molecule has 2 unspecified atom stereocenters. The number of benzene rings is 1. The summed E-state index contributed by atoms with van der Waals surface area (Å²) in [4.78, 5) is 12.7. The molecule has 142 valence electrons. The van der Waals surface area contributed by atoms with Crippen molar-refractivity contribution in [1.82, 2.24) is 20.8 Å². The van der Waals surface area contributed by atoms with Crippen molar-refractivity contribution < 1.29 is 9.21 Å². The number of carbonyl (C=O) groups excluding carboxylic acids is 1. The molecule has 2 amide bonds. The predicted molar refractivity (Wildman–Crippen MR) is 105 cm³/mol. The number of hydrogen-bond acceptors (Lipinski definition) is 3. The van der Waals surface area contributed by atoms with Gasteiger partial charge in [0.05, 0.1) is 12.2 Å². The summed E-state index contributed by atoms with van der Waals surface area (Å²) in [6.07, 6.45) is 4.53. The maximum atomic E-state index is 12.7. The number of carbonyl (C=O) groups is 1. The molecule has 3 aromatic rings. The molecule has 4 rings (SSSR count). The zero-order valence-electron chi connectivity index (χ0n) is 16.0. The molecule has 2 atom stereocenters. The molecule has 0 radical (unpaired) electrons. The molecule has 0 bridgehead atoms. The summed E-state index contributed by atoms with van der Waals surface area (Å²) in [6, 6.07) is 7.78. The van der Waals surface area contributed by atoms with Crippen molar-refractivity contribution in [1.29, 1.82) is 0 Å². The largest absolute Gasteiger partial charge is 0.459 e. The zero-order valence-corrected chi connectivity index (χ0v) is 16.0. The molecular weight excluding hydrogens is 340 g/mol. The molecule has 1 aromatic carbocycles. The van der Waals surface area contributed by atoms with Gasteiger partial charge in [-0.2, -0.15) is 5.10 Å². The van der Waals surface area contributed by atoms with Crippen molar-refractivity contribution in [2.24, 2.45) is 5.92 Å². The first kappa shape index (κ1) is 17.6. The fourth-order valence-corrected chi connectivity index (χ4v) is 3.92. The third-order valence-electron chi connectivity index (χ3n) is 5.47. The molecule has 0 fully saturated rings. The van der Waals surface area contributed by atoms with Crippen LogP contribution in [0.1, 0.15) is 48.9 Å². The lowest BCUT2D eigenvalue weighted by molar-refractivity contribution is 0.224. The molecule has 1 aliphatic rings. The van der Waals surface area contributed by atoms with Gasteiger partial charge in [-0.05, 0) is 37.3 Å². The Labute approximate surface area is 158 Å². The van der Waals surface area contributed by atoms with Gasteiger partial charge in [0.15, 0.2) is 0 Å². The van der Waals surface area contributed by atoms with Gasteiger partial charge in [-0.25, -0.2) is 4.79 Å². The predicted octanol–water partition coefficient (Wildman–Crippen LogP) is 4.02. The first-order valence-corrected chi connectivity index (χ1v) is 9.59. The van der Waals surface area contributed by atoms with E-state index in [4.69, 9.17) is 4.42 Å². The van der Waals surface area contributed by atoms with Gasteiger partial charge in [-0.15, -0.1) is 0 Å². The zero-order chi connectivity index (χ0) is 19.0. The normalized spacial score (nSPS) is 17.7. The number of amides is 2. The number of aryl methyl sites for hydroxylation is 2. The molecule has 2 aromatic heterocycles. The van der Waals surface area contributed by atoms with Gasteiger partial charge in [0, 0.05) is 29.1 Å².